The predicted octanol–water partition coefficient (Wildman–Crippen LogP) is 4.10. The molecule has 3 unspecified atom stereocenters. The molecule has 3 aromatic rings. The van der Waals surface area contributed by atoms with Crippen LogP contribution in [0, 0.1) is 0 Å². The summed E-state index contributed by atoms with van der Waals surface area (Å²) in [7, 11) is 0. The highest BCUT2D eigenvalue weighted by Gasteiger charge is 2.22. The molecule has 0 radical (unpaired) electrons. The fraction of sp³-hybridized carbons (Fsp3) is 0.414. The van der Waals surface area contributed by atoms with Crippen LogP contribution < -0.4 is 10.5 Å². The number of imidazole rings is 1. The minimum atomic E-state index is -0.390. The van der Waals surface area contributed by atoms with Gasteiger partial charge < -0.3 is 34.7 Å². The molecule has 0 bridgehead atoms. The first-order chi connectivity index (χ1) is 18.1. The van der Waals surface area contributed by atoms with E-state index in [1.165, 1.54) is 0 Å². The standard InChI is InChI=1S/C29H37N3O5/c1-21(37-28-4-2-3-17-35-28)29-31-15-16-32(29)26(19-34)12-7-22-5-8-23(9-6-22)24-10-13-27(14-11-24)36-20-25(30)18-33/h5-16,21,25-26,28,33-34H,2-4,17-20,30H2,1H3/b12-7+/t21-,25?,26?,28?/m0/s1. The molecule has 0 spiro atoms. The van der Waals surface area contributed by atoms with Gasteiger partial charge in [-0.05, 0) is 55.0 Å². The number of rotatable bonds is 12. The molecule has 8 heteroatoms. The lowest BCUT2D eigenvalue weighted by molar-refractivity contribution is -0.188. The van der Waals surface area contributed by atoms with E-state index in [1.54, 1.807) is 6.20 Å². The van der Waals surface area contributed by atoms with Crippen LogP contribution >= 0.6 is 0 Å². The molecular formula is C29H37N3O5. The van der Waals surface area contributed by atoms with Gasteiger partial charge in [-0.15, -0.1) is 0 Å². The molecule has 1 aromatic heterocycles. The molecule has 1 aliphatic heterocycles. The molecule has 37 heavy (non-hydrogen) atoms. The van der Waals surface area contributed by atoms with Crippen LogP contribution in [0.25, 0.3) is 17.2 Å². The van der Waals surface area contributed by atoms with Crippen molar-refractivity contribution in [3.8, 4) is 16.9 Å². The van der Waals surface area contributed by atoms with Crippen LogP contribution in [-0.4, -0.2) is 58.5 Å². The zero-order valence-electron chi connectivity index (χ0n) is 21.3. The summed E-state index contributed by atoms with van der Waals surface area (Å²) >= 11 is 0. The zero-order valence-corrected chi connectivity index (χ0v) is 21.3. The first kappa shape index (κ1) is 27.0. The summed E-state index contributed by atoms with van der Waals surface area (Å²) < 4.78 is 19.3. The van der Waals surface area contributed by atoms with Crippen molar-refractivity contribution in [2.45, 2.75) is 50.7 Å². The quantitative estimate of drug-likeness (QED) is 0.338. The van der Waals surface area contributed by atoms with Gasteiger partial charge in [-0.25, -0.2) is 4.98 Å². The summed E-state index contributed by atoms with van der Waals surface area (Å²) in [4.78, 5) is 4.49. The van der Waals surface area contributed by atoms with Gasteiger partial charge in [0.2, 0.25) is 0 Å². The van der Waals surface area contributed by atoms with Crippen molar-refractivity contribution in [3.05, 3.63) is 78.4 Å². The first-order valence-electron chi connectivity index (χ1n) is 12.9. The molecule has 198 valence electrons. The highest BCUT2D eigenvalue weighted by atomic mass is 16.7. The van der Waals surface area contributed by atoms with Gasteiger partial charge >= 0.3 is 0 Å². The Bertz CT molecular complexity index is 1110. The number of nitrogens with zero attached hydrogens (tertiary/aromatic N) is 2. The lowest BCUT2D eigenvalue weighted by atomic mass is 10.0. The Balaban J connectivity index is 1.38. The van der Waals surface area contributed by atoms with Crippen molar-refractivity contribution in [1.82, 2.24) is 9.55 Å². The minimum Gasteiger partial charge on any atom is -0.492 e. The van der Waals surface area contributed by atoms with E-state index in [-0.39, 0.29) is 44.3 Å². The number of aliphatic hydroxyl groups excluding tert-OH is 2. The topological polar surface area (TPSA) is 112 Å². The molecule has 0 saturated carbocycles. The van der Waals surface area contributed by atoms with Gasteiger partial charge in [0.15, 0.2) is 6.29 Å². The summed E-state index contributed by atoms with van der Waals surface area (Å²) in [6, 6.07) is 15.4. The van der Waals surface area contributed by atoms with Crippen LogP contribution in [0.2, 0.25) is 0 Å². The van der Waals surface area contributed by atoms with E-state index in [1.807, 2.05) is 66.2 Å². The van der Waals surface area contributed by atoms with Crippen LogP contribution in [-0.2, 0) is 9.47 Å². The van der Waals surface area contributed by atoms with E-state index in [0.717, 1.165) is 48.4 Å². The highest BCUT2D eigenvalue weighted by molar-refractivity contribution is 5.66. The van der Waals surface area contributed by atoms with Crippen molar-refractivity contribution < 1.29 is 24.4 Å². The predicted molar refractivity (Wildman–Crippen MR) is 143 cm³/mol. The van der Waals surface area contributed by atoms with E-state index in [4.69, 9.17) is 25.1 Å². The summed E-state index contributed by atoms with van der Waals surface area (Å²) in [6.45, 7) is 2.81. The second-order valence-electron chi connectivity index (χ2n) is 9.28. The Kier molecular flexibility index (Phi) is 9.87. The number of aliphatic hydroxyl groups is 2. The van der Waals surface area contributed by atoms with Gasteiger partial charge in [-0.2, -0.15) is 0 Å². The lowest BCUT2D eigenvalue weighted by Gasteiger charge is -2.27. The maximum Gasteiger partial charge on any atom is 0.158 e. The van der Waals surface area contributed by atoms with E-state index in [9.17, 15) is 5.11 Å². The van der Waals surface area contributed by atoms with Crippen molar-refractivity contribution in [3.63, 3.8) is 0 Å². The highest BCUT2D eigenvalue weighted by Crippen LogP contribution is 2.26. The first-order valence-corrected chi connectivity index (χ1v) is 12.9. The summed E-state index contributed by atoms with van der Waals surface area (Å²) in [5, 5.41) is 19.1. The Morgan fingerprint density at radius 1 is 1.08 bits per heavy atom. The number of hydrogen-bond donors (Lipinski definition) is 3. The molecule has 0 amide bonds. The number of aromatic nitrogens is 2. The SMILES string of the molecule is C[C@H](OC1CCCCO1)c1nccn1C(/C=C/c1ccc(-c2ccc(OCC(N)CO)cc2)cc1)CO. The second-order valence-corrected chi connectivity index (χ2v) is 9.28. The van der Waals surface area contributed by atoms with Crippen LogP contribution in [0.5, 0.6) is 5.75 Å². The van der Waals surface area contributed by atoms with Crippen LogP contribution in [0.15, 0.2) is 67.0 Å². The Morgan fingerprint density at radius 3 is 2.46 bits per heavy atom. The number of benzene rings is 2. The van der Waals surface area contributed by atoms with Crippen LogP contribution in [0.4, 0.5) is 0 Å². The molecule has 4 rings (SSSR count). The molecular weight excluding hydrogens is 470 g/mol. The molecule has 4 atom stereocenters. The van der Waals surface area contributed by atoms with Gasteiger partial charge in [0.05, 0.1) is 25.3 Å². The Hall–Kier alpha value is -3.01. The average molecular weight is 508 g/mol. The monoisotopic (exact) mass is 507 g/mol. The fourth-order valence-corrected chi connectivity index (χ4v) is 4.28. The van der Waals surface area contributed by atoms with Gasteiger partial charge in [0.25, 0.3) is 0 Å². The molecule has 1 fully saturated rings. The smallest absolute Gasteiger partial charge is 0.158 e. The average Bonchev–Trinajstić information content (AvgIpc) is 3.43. The number of ether oxygens (including phenoxy) is 3. The fourth-order valence-electron chi connectivity index (χ4n) is 4.28. The van der Waals surface area contributed by atoms with Crippen LogP contribution in [0.1, 0.15) is 49.7 Å². The molecule has 1 saturated heterocycles. The molecule has 2 aromatic carbocycles. The van der Waals surface area contributed by atoms with Crippen molar-refractivity contribution >= 4 is 6.08 Å². The molecule has 8 nitrogen and oxygen atoms in total. The van der Waals surface area contributed by atoms with E-state index >= 15 is 0 Å². The summed E-state index contributed by atoms with van der Waals surface area (Å²) in [5.74, 6) is 1.48. The molecule has 4 N–H and O–H groups in total. The van der Waals surface area contributed by atoms with Gasteiger partial charge in [-0.3, -0.25) is 0 Å². The number of nitrogens with two attached hydrogens (primary N) is 1. The van der Waals surface area contributed by atoms with Crippen molar-refractivity contribution in [2.75, 3.05) is 26.4 Å². The van der Waals surface area contributed by atoms with Gasteiger partial charge in [-0.1, -0.05) is 48.6 Å². The third kappa shape index (κ3) is 7.50. The van der Waals surface area contributed by atoms with E-state index in [2.05, 4.69) is 17.1 Å². The van der Waals surface area contributed by atoms with Crippen molar-refractivity contribution in [1.29, 1.82) is 0 Å². The minimum absolute atomic E-state index is 0.0534. The Labute approximate surface area is 218 Å². The van der Waals surface area contributed by atoms with Crippen LogP contribution in [0.3, 0.4) is 0 Å². The summed E-state index contributed by atoms with van der Waals surface area (Å²) in [6.07, 6.45) is 10.2. The normalized spacial score (nSPS) is 18.5. The zero-order chi connectivity index (χ0) is 26.0. The van der Waals surface area contributed by atoms with Gasteiger partial charge in [0.1, 0.15) is 24.3 Å². The third-order valence-electron chi connectivity index (χ3n) is 6.41. The molecule has 2 heterocycles. The third-order valence-corrected chi connectivity index (χ3v) is 6.41. The van der Waals surface area contributed by atoms with Crippen molar-refractivity contribution in [2.24, 2.45) is 5.73 Å². The van der Waals surface area contributed by atoms with E-state index < -0.39 is 0 Å². The second kappa shape index (κ2) is 13.5. The maximum absolute atomic E-state index is 10.1. The largest absolute Gasteiger partial charge is 0.492 e. The maximum atomic E-state index is 10.1. The molecule has 0 aliphatic carbocycles. The number of hydrogen-bond acceptors (Lipinski definition) is 7. The summed E-state index contributed by atoms with van der Waals surface area (Å²) in [5.41, 5.74) is 8.87. The Morgan fingerprint density at radius 2 is 1.81 bits per heavy atom. The van der Waals surface area contributed by atoms with E-state index in [0.29, 0.717) is 5.75 Å². The lowest BCUT2D eigenvalue weighted by Crippen LogP contribution is -2.31. The van der Waals surface area contributed by atoms with Gasteiger partial charge in [0, 0.05) is 19.0 Å². The molecule has 1 aliphatic rings.